The Kier molecular flexibility index (Phi) is 4.97. The molecule has 0 saturated heterocycles. The minimum Gasteiger partial charge on any atom is -0.310 e. The second kappa shape index (κ2) is 6.51. The Bertz CT molecular complexity index is 553. The first kappa shape index (κ1) is 14.5. The number of nitrogens with one attached hydrogen (secondary N) is 1. The molecule has 1 aromatic carbocycles. The zero-order valence-electron chi connectivity index (χ0n) is 11.0. The van der Waals surface area contributed by atoms with Gasteiger partial charge in [0.1, 0.15) is 5.82 Å². The lowest BCUT2D eigenvalue weighted by Gasteiger charge is -2.13. The highest BCUT2D eigenvalue weighted by Crippen LogP contribution is 2.36. The number of thiophene rings is 1. The molecule has 4 heteroatoms. The van der Waals surface area contributed by atoms with Crippen LogP contribution >= 0.6 is 22.9 Å². The molecule has 1 atom stereocenters. The minimum absolute atomic E-state index is 0.256. The zero-order chi connectivity index (χ0) is 13.8. The maximum Gasteiger partial charge on any atom is 0.123 e. The summed E-state index contributed by atoms with van der Waals surface area (Å²) in [6.07, 6.45) is 1.03. The average molecular weight is 298 g/mol. The maximum absolute atomic E-state index is 13.3. The van der Waals surface area contributed by atoms with Gasteiger partial charge >= 0.3 is 0 Å². The van der Waals surface area contributed by atoms with Crippen LogP contribution in [0.3, 0.4) is 0 Å². The molecule has 0 aliphatic rings. The van der Waals surface area contributed by atoms with Crippen molar-refractivity contribution in [3.8, 4) is 10.4 Å². The van der Waals surface area contributed by atoms with E-state index in [4.69, 9.17) is 11.6 Å². The van der Waals surface area contributed by atoms with Crippen LogP contribution in [0.5, 0.6) is 0 Å². The van der Waals surface area contributed by atoms with Gasteiger partial charge in [-0.05, 0) is 43.3 Å². The summed E-state index contributed by atoms with van der Waals surface area (Å²) in [7, 11) is 0. The Labute approximate surface area is 122 Å². The van der Waals surface area contributed by atoms with Gasteiger partial charge in [-0.2, -0.15) is 0 Å². The van der Waals surface area contributed by atoms with Crippen molar-refractivity contribution < 1.29 is 4.39 Å². The van der Waals surface area contributed by atoms with Crippen LogP contribution in [0.1, 0.15) is 31.2 Å². The fraction of sp³-hybridized carbons (Fsp3) is 0.333. The molecule has 1 N–H and O–H groups in total. The molecule has 1 heterocycles. The number of rotatable bonds is 5. The van der Waals surface area contributed by atoms with Crippen LogP contribution in [0.2, 0.25) is 5.02 Å². The van der Waals surface area contributed by atoms with Gasteiger partial charge in [0.25, 0.3) is 0 Å². The molecule has 0 saturated carbocycles. The van der Waals surface area contributed by atoms with E-state index in [1.807, 2.05) is 6.07 Å². The smallest absolute Gasteiger partial charge is 0.123 e. The summed E-state index contributed by atoms with van der Waals surface area (Å²) in [6.45, 7) is 5.19. The van der Waals surface area contributed by atoms with Crippen molar-refractivity contribution in [3.05, 3.63) is 46.0 Å². The van der Waals surface area contributed by atoms with Crippen molar-refractivity contribution in [1.29, 1.82) is 0 Å². The normalized spacial score (nSPS) is 12.6. The molecule has 0 spiro atoms. The van der Waals surface area contributed by atoms with E-state index in [2.05, 4.69) is 25.2 Å². The summed E-state index contributed by atoms with van der Waals surface area (Å²) in [5.74, 6) is -0.256. The molecule has 0 amide bonds. The summed E-state index contributed by atoms with van der Waals surface area (Å²) in [5, 5.41) is 4.03. The van der Waals surface area contributed by atoms with Crippen LogP contribution in [-0.2, 0) is 0 Å². The van der Waals surface area contributed by atoms with Crippen LogP contribution in [0.15, 0.2) is 30.3 Å². The molecule has 1 nitrogen and oxygen atoms in total. The molecule has 1 aromatic heterocycles. The first-order chi connectivity index (χ1) is 9.15. The van der Waals surface area contributed by atoms with Gasteiger partial charge in [0, 0.05) is 26.4 Å². The molecule has 102 valence electrons. The van der Waals surface area contributed by atoms with E-state index in [0.717, 1.165) is 23.4 Å². The Balaban J connectivity index is 2.32. The van der Waals surface area contributed by atoms with Crippen LogP contribution < -0.4 is 5.32 Å². The second-order valence-electron chi connectivity index (χ2n) is 4.34. The third-order valence-electron chi connectivity index (χ3n) is 3.02. The van der Waals surface area contributed by atoms with Crippen molar-refractivity contribution in [2.75, 3.05) is 6.54 Å². The molecule has 19 heavy (non-hydrogen) atoms. The number of hydrogen-bond donors (Lipinski definition) is 1. The monoisotopic (exact) mass is 297 g/mol. The topological polar surface area (TPSA) is 12.0 Å². The first-order valence-electron chi connectivity index (χ1n) is 6.44. The summed E-state index contributed by atoms with van der Waals surface area (Å²) in [4.78, 5) is 2.27. The minimum atomic E-state index is -0.256. The Morgan fingerprint density at radius 1 is 1.26 bits per heavy atom. The first-order valence-corrected chi connectivity index (χ1v) is 7.63. The number of hydrogen-bond acceptors (Lipinski definition) is 2. The molecule has 0 bridgehead atoms. The molecule has 0 aliphatic carbocycles. The SMILES string of the molecule is CCNC(CC)c1ccc(-c2cc(F)ccc2Cl)s1. The average Bonchev–Trinajstić information content (AvgIpc) is 2.88. The van der Waals surface area contributed by atoms with Crippen molar-refractivity contribution in [3.63, 3.8) is 0 Å². The maximum atomic E-state index is 13.3. The zero-order valence-corrected chi connectivity index (χ0v) is 12.6. The van der Waals surface area contributed by atoms with E-state index in [9.17, 15) is 4.39 Å². The van der Waals surface area contributed by atoms with Crippen LogP contribution in [0, 0.1) is 5.82 Å². The van der Waals surface area contributed by atoms with Gasteiger partial charge in [0.05, 0.1) is 0 Å². The van der Waals surface area contributed by atoms with Crippen molar-refractivity contribution in [1.82, 2.24) is 5.32 Å². The van der Waals surface area contributed by atoms with Crippen molar-refractivity contribution >= 4 is 22.9 Å². The second-order valence-corrected chi connectivity index (χ2v) is 5.87. The number of halogens is 2. The highest BCUT2D eigenvalue weighted by atomic mass is 35.5. The molecule has 2 aromatic rings. The largest absolute Gasteiger partial charge is 0.310 e. The summed E-state index contributed by atoms with van der Waals surface area (Å²) in [6, 6.07) is 8.95. The molecule has 1 unspecified atom stereocenters. The third kappa shape index (κ3) is 3.35. The van der Waals surface area contributed by atoms with Gasteiger partial charge < -0.3 is 5.32 Å². The summed E-state index contributed by atoms with van der Waals surface area (Å²) in [5.41, 5.74) is 0.768. The van der Waals surface area contributed by atoms with Crippen LogP contribution in [-0.4, -0.2) is 6.54 Å². The third-order valence-corrected chi connectivity index (χ3v) is 4.58. The van der Waals surface area contributed by atoms with E-state index in [0.29, 0.717) is 11.1 Å². The fourth-order valence-electron chi connectivity index (χ4n) is 2.06. The van der Waals surface area contributed by atoms with Gasteiger partial charge in [-0.25, -0.2) is 4.39 Å². The van der Waals surface area contributed by atoms with E-state index in [1.165, 1.54) is 17.0 Å². The Hall–Kier alpha value is -0.900. The lowest BCUT2D eigenvalue weighted by Crippen LogP contribution is -2.18. The predicted octanol–water partition coefficient (Wildman–Crippen LogP) is 5.27. The molecule has 0 aliphatic heterocycles. The molecular formula is C15H17ClFNS. The van der Waals surface area contributed by atoms with E-state index < -0.39 is 0 Å². The standard InChI is InChI=1S/C15H17ClFNS/c1-3-13(18-4-2)15-8-7-14(19-15)11-9-10(17)5-6-12(11)16/h5-9,13,18H,3-4H2,1-2H3. The number of benzene rings is 1. The lowest BCUT2D eigenvalue weighted by molar-refractivity contribution is 0.545. The molecule has 2 rings (SSSR count). The summed E-state index contributed by atoms with van der Waals surface area (Å²) < 4.78 is 13.3. The molecular weight excluding hydrogens is 281 g/mol. The van der Waals surface area contributed by atoms with Gasteiger partial charge in [0.2, 0.25) is 0 Å². The van der Waals surface area contributed by atoms with Gasteiger partial charge in [0.15, 0.2) is 0 Å². The predicted molar refractivity (Wildman–Crippen MR) is 81.4 cm³/mol. The highest BCUT2D eigenvalue weighted by Gasteiger charge is 2.13. The van der Waals surface area contributed by atoms with Crippen molar-refractivity contribution in [2.24, 2.45) is 0 Å². The van der Waals surface area contributed by atoms with Gasteiger partial charge in [-0.3, -0.25) is 0 Å². The van der Waals surface area contributed by atoms with Crippen molar-refractivity contribution in [2.45, 2.75) is 26.3 Å². The molecule has 0 fully saturated rings. The van der Waals surface area contributed by atoms with Gasteiger partial charge in [-0.1, -0.05) is 25.4 Å². The van der Waals surface area contributed by atoms with E-state index in [-0.39, 0.29) is 5.82 Å². The van der Waals surface area contributed by atoms with E-state index >= 15 is 0 Å². The van der Waals surface area contributed by atoms with Gasteiger partial charge in [-0.15, -0.1) is 11.3 Å². The quantitative estimate of drug-likeness (QED) is 0.793. The highest BCUT2D eigenvalue weighted by molar-refractivity contribution is 7.15. The Morgan fingerprint density at radius 2 is 2.05 bits per heavy atom. The fourth-order valence-corrected chi connectivity index (χ4v) is 3.54. The van der Waals surface area contributed by atoms with Crippen LogP contribution in [0.25, 0.3) is 10.4 Å². The lowest BCUT2D eigenvalue weighted by atomic mass is 10.1. The molecule has 0 radical (unpaired) electrons. The summed E-state index contributed by atoms with van der Waals surface area (Å²) >= 11 is 7.81. The Morgan fingerprint density at radius 3 is 2.74 bits per heavy atom. The van der Waals surface area contributed by atoms with E-state index in [1.54, 1.807) is 17.4 Å². The van der Waals surface area contributed by atoms with Crippen LogP contribution in [0.4, 0.5) is 4.39 Å².